The Morgan fingerprint density at radius 1 is 1.19 bits per heavy atom. The van der Waals surface area contributed by atoms with Crippen LogP contribution in [-0.2, 0) is 9.53 Å². The number of piperidine rings is 1. The van der Waals surface area contributed by atoms with E-state index in [1.54, 1.807) is 0 Å². The number of carbonyl (C=O) groups is 1. The highest BCUT2D eigenvalue weighted by Gasteiger charge is 2.33. The zero-order valence-electron chi connectivity index (χ0n) is 20.2. The molecule has 0 aromatic rings. The van der Waals surface area contributed by atoms with E-state index in [4.69, 9.17) is 4.74 Å². The second kappa shape index (κ2) is 10.8. The number of allylic oxidation sites excluding steroid dienone is 5. The maximum absolute atomic E-state index is 13.5. The number of hydrogen-bond donors (Lipinski definition) is 1. The monoisotopic (exact) mass is 439 g/mol. The molecule has 1 aliphatic carbocycles. The molecule has 5 heteroatoms. The van der Waals surface area contributed by atoms with Crippen LogP contribution in [0.4, 0.5) is 0 Å². The lowest BCUT2D eigenvalue weighted by Crippen LogP contribution is -2.49. The molecule has 176 valence electrons. The highest BCUT2D eigenvalue weighted by atomic mass is 16.5. The van der Waals surface area contributed by atoms with Crippen molar-refractivity contribution in [2.45, 2.75) is 71.8 Å². The van der Waals surface area contributed by atoms with Crippen LogP contribution in [0.2, 0.25) is 0 Å². The minimum atomic E-state index is 0.0930. The van der Waals surface area contributed by atoms with Crippen molar-refractivity contribution in [1.82, 2.24) is 15.1 Å². The number of carbonyl (C=O) groups excluding carboxylic acids is 1. The Balaban J connectivity index is 1.39. The molecule has 0 aromatic heterocycles. The van der Waals surface area contributed by atoms with Crippen LogP contribution < -0.4 is 5.32 Å². The van der Waals surface area contributed by atoms with Gasteiger partial charge >= 0.3 is 0 Å². The Labute approximate surface area is 194 Å². The summed E-state index contributed by atoms with van der Waals surface area (Å²) in [7, 11) is 0. The number of amides is 1. The van der Waals surface area contributed by atoms with Gasteiger partial charge in [-0.25, -0.2) is 0 Å². The van der Waals surface area contributed by atoms with E-state index in [0.717, 1.165) is 56.1 Å². The van der Waals surface area contributed by atoms with Gasteiger partial charge in [-0.1, -0.05) is 18.9 Å². The van der Waals surface area contributed by atoms with E-state index < -0.39 is 0 Å². The summed E-state index contributed by atoms with van der Waals surface area (Å²) in [5.74, 6) is 1.29. The highest BCUT2D eigenvalue weighted by Crippen LogP contribution is 2.32. The summed E-state index contributed by atoms with van der Waals surface area (Å²) in [6.07, 6.45) is 16.7. The van der Waals surface area contributed by atoms with Crippen LogP contribution >= 0.6 is 0 Å². The van der Waals surface area contributed by atoms with E-state index in [1.807, 2.05) is 6.20 Å². The summed E-state index contributed by atoms with van der Waals surface area (Å²) in [5, 5.41) is 3.48. The number of nitrogens with zero attached hydrogens (tertiary/aromatic N) is 2. The van der Waals surface area contributed by atoms with E-state index in [-0.39, 0.29) is 11.9 Å². The molecule has 3 heterocycles. The van der Waals surface area contributed by atoms with E-state index in [1.165, 1.54) is 44.2 Å². The third-order valence-electron chi connectivity index (χ3n) is 7.50. The lowest BCUT2D eigenvalue weighted by atomic mass is 9.83. The molecular weight excluding hydrogens is 398 g/mol. The van der Waals surface area contributed by atoms with Gasteiger partial charge < -0.3 is 19.9 Å². The molecule has 32 heavy (non-hydrogen) atoms. The zero-order valence-corrected chi connectivity index (χ0v) is 20.2. The van der Waals surface area contributed by atoms with Gasteiger partial charge in [0.2, 0.25) is 0 Å². The van der Waals surface area contributed by atoms with Gasteiger partial charge in [0.1, 0.15) is 5.70 Å². The molecule has 1 amide bonds. The fourth-order valence-corrected chi connectivity index (χ4v) is 5.78. The van der Waals surface area contributed by atoms with E-state index in [2.05, 4.69) is 54.1 Å². The molecule has 0 bridgehead atoms. The minimum absolute atomic E-state index is 0.0930. The van der Waals surface area contributed by atoms with Crippen molar-refractivity contribution in [2.75, 3.05) is 32.8 Å². The summed E-state index contributed by atoms with van der Waals surface area (Å²) >= 11 is 0. The zero-order chi connectivity index (χ0) is 22.5. The van der Waals surface area contributed by atoms with Gasteiger partial charge in [-0.15, -0.1) is 0 Å². The third kappa shape index (κ3) is 5.55. The maximum Gasteiger partial charge on any atom is 0.268 e. The Morgan fingerprint density at radius 2 is 2.03 bits per heavy atom. The summed E-state index contributed by atoms with van der Waals surface area (Å²) < 4.78 is 5.70. The van der Waals surface area contributed by atoms with Gasteiger partial charge in [0, 0.05) is 37.6 Å². The molecule has 0 radical (unpaired) electrons. The van der Waals surface area contributed by atoms with Crippen LogP contribution in [0.1, 0.15) is 65.7 Å². The standard InChI is InChI=1S/C27H41N3O2/c1-4-32-19-22-8-7-14-29(17-22)18-23-9-5-6-10-25(23)28-27(31)26-21(3)11-12-24-16-20(2)13-15-30(24)26/h12-13,15-16,22-23,25H,4-11,14,17-19H2,1-3H3,(H,28,31)/t22?,23?,25-/m0/s1. The van der Waals surface area contributed by atoms with Crippen molar-refractivity contribution >= 4 is 5.91 Å². The van der Waals surface area contributed by atoms with Crippen LogP contribution in [0.5, 0.6) is 0 Å². The summed E-state index contributed by atoms with van der Waals surface area (Å²) in [6.45, 7) is 11.4. The average Bonchev–Trinajstić information content (AvgIpc) is 2.79. The largest absolute Gasteiger partial charge is 0.381 e. The van der Waals surface area contributed by atoms with Crippen molar-refractivity contribution in [1.29, 1.82) is 0 Å². The number of hydrogen-bond acceptors (Lipinski definition) is 4. The van der Waals surface area contributed by atoms with E-state index >= 15 is 0 Å². The van der Waals surface area contributed by atoms with Crippen molar-refractivity contribution in [2.24, 2.45) is 11.8 Å². The van der Waals surface area contributed by atoms with Gasteiger partial charge in [0.25, 0.3) is 5.91 Å². The van der Waals surface area contributed by atoms with Crippen LogP contribution in [0.25, 0.3) is 0 Å². The first kappa shape index (κ1) is 23.3. The van der Waals surface area contributed by atoms with Crippen molar-refractivity contribution < 1.29 is 9.53 Å². The topological polar surface area (TPSA) is 44.8 Å². The molecule has 2 fully saturated rings. The molecule has 1 saturated heterocycles. The fraction of sp³-hybridized carbons (Fsp3) is 0.667. The number of fused-ring (bicyclic) bond motifs is 1. The van der Waals surface area contributed by atoms with Crippen LogP contribution in [0.15, 0.2) is 47.0 Å². The Hall–Kier alpha value is -1.85. The summed E-state index contributed by atoms with van der Waals surface area (Å²) in [4.78, 5) is 18.2. The van der Waals surface area contributed by atoms with Gasteiger partial charge in [-0.05, 0) is 94.6 Å². The van der Waals surface area contributed by atoms with Gasteiger partial charge in [-0.2, -0.15) is 0 Å². The molecule has 0 aromatic carbocycles. The van der Waals surface area contributed by atoms with Crippen LogP contribution in [0.3, 0.4) is 0 Å². The van der Waals surface area contributed by atoms with E-state index in [0.29, 0.717) is 11.8 Å². The predicted molar refractivity (Wildman–Crippen MR) is 130 cm³/mol. The van der Waals surface area contributed by atoms with Crippen LogP contribution in [-0.4, -0.2) is 54.6 Å². The van der Waals surface area contributed by atoms with Crippen LogP contribution in [0, 0.1) is 11.8 Å². The predicted octanol–water partition coefficient (Wildman–Crippen LogP) is 4.75. The second-order valence-electron chi connectivity index (χ2n) is 10.1. The number of ether oxygens (including phenoxy) is 1. The second-order valence-corrected chi connectivity index (χ2v) is 10.1. The number of likely N-dealkylation sites (tertiary alicyclic amines) is 1. The number of nitrogens with one attached hydrogen (secondary N) is 1. The first-order valence-electron chi connectivity index (χ1n) is 12.7. The molecule has 2 unspecified atom stereocenters. The average molecular weight is 440 g/mol. The van der Waals surface area contributed by atoms with Crippen molar-refractivity contribution in [3.8, 4) is 0 Å². The maximum atomic E-state index is 13.5. The summed E-state index contributed by atoms with van der Waals surface area (Å²) in [5.41, 5.74) is 4.31. The summed E-state index contributed by atoms with van der Waals surface area (Å²) in [6, 6.07) is 0.268. The Bertz CT molecular complexity index is 810. The molecule has 1 N–H and O–H groups in total. The smallest absolute Gasteiger partial charge is 0.268 e. The highest BCUT2D eigenvalue weighted by molar-refractivity contribution is 5.95. The molecular formula is C27H41N3O2. The molecule has 3 aliphatic heterocycles. The van der Waals surface area contributed by atoms with E-state index in [9.17, 15) is 4.79 Å². The first-order valence-corrected chi connectivity index (χ1v) is 12.7. The molecule has 5 nitrogen and oxygen atoms in total. The third-order valence-corrected chi connectivity index (χ3v) is 7.50. The quantitative estimate of drug-likeness (QED) is 0.622. The van der Waals surface area contributed by atoms with Crippen molar-refractivity contribution in [3.63, 3.8) is 0 Å². The van der Waals surface area contributed by atoms with Crippen molar-refractivity contribution in [3.05, 3.63) is 47.0 Å². The van der Waals surface area contributed by atoms with Gasteiger partial charge in [0.15, 0.2) is 0 Å². The minimum Gasteiger partial charge on any atom is -0.381 e. The molecule has 3 atom stereocenters. The normalized spacial score (nSPS) is 28.8. The molecule has 1 saturated carbocycles. The lowest BCUT2D eigenvalue weighted by molar-refractivity contribution is -0.120. The SMILES string of the molecule is CCOCC1CCCN(CC2CCCC[C@@H]2NC(=O)C2=C(C)CC=C3C=C(C)C=CN32)C1. The number of rotatable bonds is 7. The first-order chi connectivity index (χ1) is 15.5. The molecule has 4 aliphatic rings. The Kier molecular flexibility index (Phi) is 7.90. The molecule has 0 spiro atoms. The lowest BCUT2D eigenvalue weighted by Gasteiger charge is -2.40. The Morgan fingerprint density at radius 3 is 2.88 bits per heavy atom. The molecule has 4 rings (SSSR count). The fourth-order valence-electron chi connectivity index (χ4n) is 5.78. The van der Waals surface area contributed by atoms with Gasteiger partial charge in [-0.3, -0.25) is 4.79 Å². The van der Waals surface area contributed by atoms with Gasteiger partial charge in [0.05, 0.1) is 6.61 Å².